The Kier molecular flexibility index (Phi) is 4.94. The van der Waals surface area contributed by atoms with Crippen molar-refractivity contribution < 1.29 is 14.9 Å². The third kappa shape index (κ3) is 3.79. The average Bonchev–Trinajstić information content (AvgIpc) is 3.18. The number of fused-ring (bicyclic) bond motifs is 2. The van der Waals surface area contributed by atoms with Gasteiger partial charge >= 0.3 is 0 Å². The van der Waals surface area contributed by atoms with Crippen molar-refractivity contribution in [1.29, 1.82) is 0 Å². The van der Waals surface area contributed by atoms with Crippen LogP contribution in [0.1, 0.15) is 31.5 Å². The molecular weight excluding hydrogens is 382 g/mol. The van der Waals surface area contributed by atoms with E-state index >= 15 is 0 Å². The van der Waals surface area contributed by atoms with E-state index in [4.69, 9.17) is 4.74 Å². The SMILES string of the molecule is OCc1nc2cc(Nc3ncc4cccc(OC5CCC(O)CC5)c4n3)ccc2[nH]1. The number of ether oxygens (including phenoxy) is 1. The molecule has 4 N–H and O–H groups in total. The van der Waals surface area contributed by atoms with E-state index < -0.39 is 0 Å². The van der Waals surface area contributed by atoms with Gasteiger partial charge in [-0.3, -0.25) is 0 Å². The Morgan fingerprint density at radius 2 is 1.97 bits per heavy atom. The Morgan fingerprint density at radius 1 is 1.10 bits per heavy atom. The maximum absolute atomic E-state index is 9.72. The zero-order valence-corrected chi connectivity index (χ0v) is 16.4. The van der Waals surface area contributed by atoms with Crippen LogP contribution in [0.25, 0.3) is 21.9 Å². The number of aliphatic hydroxyl groups excluding tert-OH is 2. The molecular formula is C22H23N5O3. The second kappa shape index (κ2) is 7.89. The third-order valence-electron chi connectivity index (χ3n) is 5.45. The Morgan fingerprint density at radius 3 is 2.80 bits per heavy atom. The summed E-state index contributed by atoms with van der Waals surface area (Å²) < 4.78 is 6.23. The predicted molar refractivity (Wildman–Crippen MR) is 114 cm³/mol. The smallest absolute Gasteiger partial charge is 0.227 e. The molecule has 0 atom stereocenters. The first-order chi connectivity index (χ1) is 14.7. The lowest BCUT2D eigenvalue weighted by Crippen LogP contribution is -2.26. The highest BCUT2D eigenvalue weighted by atomic mass is 16.5. The number of rotatable bonds is 5. The van der Waals surface area contributed by atoms with Gasteiger partial charge in [0.1, 0.15) is 23.7 Å². The zero-order valence-electron chi connectivity index (χ0n) is 16.4. The second-order valence-electron chi connectivity index (χ2n) is 7.63. The molecule has 0 aliphatic heterocycles. The van der Waals surface area contributed by atoms with E-state index in [0.29, 0.717) is 11.8 Å². The molecule has 0 saturated heterocycles. The van der Waals surface area contributed by atoms with Crippen LogP contribution in [-0.2, 0) is 6.61 Å². The van der Waals surface area contributed by atoms with Crippen LogP contribution in [-0.4, -0.2) is 42.4 Å². The van der Waals surface area contributed by atoms with E-state index in [9.17, 15) is 10.2 Å². The van der Waals surface area contributed by atoms with Crippen molar-refractivity contribution in [2.24, 2.45) is 0 Å². The van der Waals surface area contributed by atoms with Crippen molar-refractivity contribution in [2.75, 3.05) is 5.32 Å². The van der Waals surface area contributed by atoms with Gasteiger partial charge in [0, 0.05) is 17.3 Å². The highest BCUT2D eigenvalue weighted by Crippen LogP contribution is 2.29. The molecule has 8 heteroatoms. The summed E-state index contributed by atoms with van der Waals surface area (Å²) in [6, 6.07) is 11.5. The summed E-state index contributed by atoms with van der Waals surface area (Å²) in [5, 5.41) is 23.1. The summed E-state index contributed by atoms with van der Waals surface area (Å²) in [6.45, 7) is -0.131. The molecule has 8 nitrogen and oxygen atoms in total. The summed E-state index contributed by atoms with van der Waals surface area (Å²) in [4.78, 5) is 16.5. The Labute approximate surface area is 173 Å². The van der Waals surface area contributed by atoms with Crippen LogP contribution in [0.5, 0.6) is 5.75 Å². The molecule has 30 heavy (non-hydrogen) atoms. The highest BCUT2D eigenvalue weighted by molar-refractivity contribution is 5.85. The Balaban J connectivity index is 1.41. The number of nitrogens with one attached hydrogen (secondary N) is 2. The van der Waals surface area contributed by atoms with Gasteiger partial charge in [0.25, 0.3) is 0 Å². The molecule has 0 unspecified atom stereocenters. The quantitative estimate of drug-likeness (QED) is 0.402. The van der Waals surface area contributed by atoms with Gasteiger partial charge in [0.2, 0.25) is 5.95 Å². The summed E-state index contributed by atoms with van der Waals surface area (Å²) in [7, 11) is 0. The van der Waals surface area contributed by atoms with Gasteiger partial charge in [0.15, 0.2) is 0 Å². The third-order valence-corrected chi connectivity index (χ3v) is 5.45. The average molecular weight is 405 g/mol. The number of nitrogens with zero attached hydrogens (tertiary/aromatic N) is 3. The molecule has 0 amide bonds. The van der Waals surface area contributed by atoms with Crippen molar-refractivity contribution in [3.05, 3.63) is 48.4 Å². The molecule has 5 rings (SSSR count). The molecule has 1 aliphatic carbocycles. The molecule has 2 heterocycles. The van der Waals surface area contributed by atoms with E-state index in [2.05, 4.69) is 25.3 Å². The fourth-order valence-corrected chi connectivity index (χ4v) is 3.87. The summed E-state index contributed by atoms with van der Waals surface area (Å²) in [6.07, 6.45) is 4.87. The number of aromatic nitrogens is 4. The van der Waals surface area contributed by atoms with Crippen molar-refractivity contribution in [3.8, 4) is 5.75 Å². The van der Waals surface area contributed by atoms with Crippen molar-refractivity contribution in [1.82, 2.24) is 19.9 Å². The maximum atomic E-state index is 9.72. The topological polar surface area (TPSA) is 116 Å². The van der Waals surface area contributed by atoms with Crippen LogP contribution in [0.3, 0.4) is 0 Å². The van der Waals surface area contributed by atoms with Crippen LogP contribution < -0.4 is 10.1 Å². The fourth-order valence-electron chi connectivity index (χ4n) is 3.87. The number of imidazole rings is 1. The number of benzene rings is 2. The molecule has 2 aromatic heterocycles. The number of para-hydroxylation sites is 1. The lowest BCUT2D eigenvalue weighted by Gasteiger charge is -2.26. The van der Waals surface area contributed by atoms with Crippen LogP contribution in [0, 0.1) is 0 Å². The Hall–Kier alpha value is -3.23. The fraction of sp³-hybridized carbons (Fsp3) is 0.318. The van der Waals surface area contributed by atoms with Gasteiger partial charge in [0.05, 0.1) is 23.2 Å². The zero-order chi connectivity index (χ0) is 20.5. The standard InChI is InChI=1S/C22H23N5O3/c28-12-20-25-17-9-4-14(10-18(17)26-20)24-22-23-11-13-2-1-3-19(21(13)27-22)30-16-7-5-15(29)6-8-16/h1-4,9-11,15-16,28-29H,5-8,12H2,(H,25,26)(H,23,24,27). The van der Waals surface area contributed by atoms with Gasteiger partial charge < -0.3 is 25.3 Å². The summed E-state index contributed by atoms with van der Waals surface area (Å²) >= 11 is 0. The molecule has 4 aromatic rings. The predicted octanol–water partition coefficient (Wildman–Crippen LogP) is 3.42. The second-order valence-corrected chi connectivity index (χ2v) is 7.63. The van der Waals surface area contributed by atoms with Crippen LogP contribution >= 0.6 is 0 Å². The lowest BCUT2D eigenvalue weighted by molar-refractivity contribution is 0.0672. The van der Waals surface area contributed by atoms with Gasteiger partial charge in [-0.15, -0.1) is 0 Å². The van der Waals surface area contributed by atoms with E-state index in [1.807, 2.05) is 36.4 Å². The summed E-state index contributed by atoms with van der Waals surface area (Å²) in [5.74, 6) is 1.73. The van der Waals surface area contributed by atoms with E-state index in [-0.39, 0.29) is 18.8 Å². The molecule has 0 bridgehead atoms. The molecule has 1 aliphatic rings. The van der Waals surface area contributed by atoms with Gasteiger partial charge in [-0.25, -0.2) is 15.0 Å². The molecule has 0 radical (unpaired) electrons. The first kappa shape index (κ1) is 18.8. The number of hydrogen-bond acceptors (Lipinski definition) is 7. The summed E-state index contributed by atoms with van der Waals surface area (Å²) in [5.41, 5.74) is 3.17. The van der Waals surface area contributed by atoms with Crippen LogP contribution in [0.2, 0.25) is 0 Å². The van der Waals surface area contributed by atoms with Crippen LogP contribution in [0.4, 0.5) is 11.6 Å². The van der Waals surface area contributed by atoms with Gasteiger partial charge in [-0.1, -0.05) is 12.1 Å². The molecule has 2 aromatic carbocycles. The Bertz CT molecular complexity index is 1180. The minimum atomic E-state index is -0.212. The largest absolute Gasteiger partial charge is 0.488 e. The van der Waals surface area contributed by atoms with E-state index in [0.717, 1.165) is 59.1 Å². The first-order valence-corrected chi connectivity index (χ1v) is 10.1. The first-order valence-electron chi connectivity index (χ1n) is 10.1. The highest BCUT2D eigenvalue weighted by Gasteiger charge is 2.21. The monoisotopic (exact) mass is 405 g/mol. The van der Waals surface area contributed by atoms with Crippen LogP contribution in [0.15, 0.2) is 42.6 Å². The van der Waals surface area contributed by atoms with Gasteiger partial charge in [-0.2, -0.15) is 0 Å². The number of H-pyrrole nitrogens is 1. The molecule has 1 saturated carbocycles. The molecule has 154 valence electrons. The van der Waals surface area contributed by atoms with Gasteiger partial charge in [-0.05, 0) is 49.9 Å². The van der Waals surface area contributed by atoms with E-state index in [1.165, 1.54) is 0 Å². The molecule has 0 spiro atoms. The minimum absolute atomic E-state index is 0.0909. The van der Waals surface area contributed by atoms with Crippen molar-refractivity contribution >= 4 is 33.6 Å². The minimum Gasteiger partial charge on any atom is -0.488 e. The number of aliphatic hydroxyl groups is 2. The lowest BCUT2D eigenvalue weighted by atomic mass is 9.95. The van der Waals surface area contributed by atoms with E-state index in [1.54, 1.807) is 6.20 Å². The number of anilines is 2. The molecule has 1 fully saturated rings. The maximum Gasteiger partial charge on any atom is 0.227 e. The number of aromatic amines is 1. The van der Waals surface area contributed by atoms with Crippen molar-refractivity contribution in [2.45, 2.75) is 44.5 Å². The number of hydrogen-bond donors (Lipinski definition) is 4. The van der Waals surface area contributed by atoms with Crippen molar-refractivity contribution in [3.63, 3.8) is 0 Å². The normalized spacial score (nSPS) is 19.3.